The zero-order valence-corrected chi connectivity index (χ0v) is 17.7. The summed E-state index contributed by atoms with van der Waals surface area (Å²) in [5, 5.41) is 2.83. The summed E-state index contributed by atoms with van der Waals surface area (Å²) < 4.78 is 16.6. The molecule has 0 saturated heterocycles. The first kappa shape index (κ1) is 21.8. The second-order valence-corrected chi connectivity index (χ2v) is 6.95. The van der Waals surface area contributed by atoms with E-state index >= 15 is 0 Å². The summed E-state index contributed by atoms with van der Waals surface area (Å²) in [6.07, 6.45) is 0.223. The van der Waals surface area contributed by atoms with E-state index in [1.54, 1.807) is 32.2 Å². The molecule has 2 aromatic rings. The number of nitrogens with one attached hydrogen (secondary N) is 1. The van der Waals surface area contributed by atoms with Gasteiger partial charge in [-0.15, -0.1) is 0 Å². The number of hydrogen-bond acceptors (Lipinski definition) is 5. The summed E-state index contributed by atoms with van der Waals surface area (Å²) in [6.45, 7) is 2.13. The molecule has 0 aliphatic heterocycles. The molecule has 0 bridgehead atoms. The first-order valence-corrected chi connectivity index (χ1v) is 9.67. The van der Waals surface area contributed by atoms with Gasteiger partial charge in [0.25, 0.3) is 0 Å². The molecule has 1 N–H and O–H groups in total. The molecule has 7 heteroatoms. The van der Waals surface area contributed by atoms with Crippen molar-refractivity contribution in [2.75, 3.05) is 27.4 Å². The van der Waals surface area contributed by atoms with E-state index in [0.29, 0.717) is 17.1 Å². The zero-order valence-electron chi connectivity index (χ0n) is 16.2. The molecule has 6 nitrogen and oxygen atoms in total. The standard InChI is InChI=1S/C21H24BrNO5/c1-4-28-21(25)17(15-8-9-18(26-2)19(12-15)27-3)13-23-20(24)11-14-6-5-7-16(22)10-14/h5-10,12,17H,4,11,13H2,1-3H3,(H,23,24). The minimum Gasteiger partial charge on any atom is -0.493 e. The van der Waals surface area contributed by atoms with Gasteiger partial charge in [0.2, 0.25) is 5.91 Å². The summed E-state index contributed by atoms with van der Waals surface area (Å²) in [5.74, 6) is -0.154. The van der Waals surface area contributed by atoms with Crippen LogP contribution in [-0.2, 0) is 20.7 Å². The van der Waals surface area contributed by atoms with Crippen molar-refractivity contribution in [3.63, 3.8) is 0 Å². The van der Waals surface area contributed by atoms with Crippen LogP contribution in [0.1, 0.15) is 24.0 Å². The number of halogens is 1. The van der Waals surface area contributed by atoms with Crippen molar-refractivity contribution in [3.05, 3.63) is 58.1 Å². The zero-order chi connectivity index (χ0) is 20.5. The number of amides is 1. The number of hydrogen-bond donors (Lipinski definition) is 1. The molecule has 0 radical (unpaired) electrons. The lowest BCUT2D eigenvalue weighted by Crippen LogP contribution is -2.33. The Bertz CT molecular complexity index is 824. The first-order valence-electron chi connectivity index (χ1n) is 8.88. The maximum atomic E-state index is 12.5. The molecule has 1 amide bonds. The molecule has 0 spiro atoms. The average Bonchev–Trinajstić information content (AvgIpc) is 2.68. The van der Waals surface area contributed by atoms with Gasteiger partial charge in [0.15, 0.2) is 11.5 Å². The molecule has 0 heterocycles. The monoisotopic (exact) mass is 449 g/mol. The van der Waals surface area contributed by atoms with Crippen LogP contribution >= 0.6 is 15.9 Å². The molecule has 0 aliphatic rings. The highest BCUT2D eigenvalue weighted by Crippen LogP contribution is 2.31. The van der Waals surface area contributed by atoms with E-state index < -0.39 is 11.9 Å². The Morgan fingerprint density at radius 3 is 2.46 bits per heavy atom. The van der Waals surface area contributed by atoms with E-state index in [1.807, 2.05) is 24.3 Å². The number of carbonyl (C=O) groups is 2. The smallest absolute Gasteiger partial charge is 0.315 e. The fourth-order valence-corrected chi connectivity index (χ4v) is 3.21. The number of methoxy groups -OCH3 is 2. The fourth-order valence-electron chi connectivity index (χ4n) is 2.76. The summed E-state index contributed by atoms with van der Waals surface area (Å²) >= 11 is 3.39. The van der Waals surface area contributed by atoms with E-state index in [2.05, 4.69) is 21.2 Å². The number of ether oxygens (including phenoxy) is 3. The van der Waals surface area contributed by atoms with Gasteiger partial charge in [-0.3, -0.25) is 9.59 Å². The van der Waals surface area contributed by atoms with Crippen LogP contribution in [0.15, 0.2) is 46.9 Å². The van der Waals surface area contributed by atoms with Crippen molar-refractivity contribution in [1.82, 2.24) is 5.32 Å². The minimum absolute atomic E-state index is 0.126. The first-order chi connectivity index (χ1) is 13.5. The van der Waals surface area contributed by atoms with Crippen molar-refractivity contribution >= 4 is 27.8 Å². The van der Waals surface area contributed by atoms with Gasteiger partial charge < -0.3 is 19.5 Å². The summed E-state index contributed by atoms with van der Waals surface area (Å²) in [5.41, 5.74) is 1.56. The van der Waals surface area contributed by atoms with Gasteiger partial charge in [-0.05, 0) is 42.3 Å². The van der Waals surface area contributed by atoms with Gasteiger partial charge in [0.1, 0.15) is 0 Å². The third-order valence-corrected chi connectivity index (χ3v) is 4.63. The van der Waals surface area contributed by atoms with Crippen LogP contribution in [0.3, 0.4) is 0 Å². The molecule has 28 heavy (non-hydrogen) atoms. The molecule has 0 aromatic heterocycles. The van der Waals surface area contributed by atoms with Crippen LogP contribution in [0.25, 0.3) is 0 Å². The number of rotatable bonds is 9. The Labute approximate surface area is 173 Å². The molecule has 0 fully saturated rings. The van der Waals surface area contributed by atoms with Crippen LogP contribution in [0.2, 0.25) is 0 Å². The van der Waals surface area contributed by atoms with E-state index in [4.69, 9.17) is 14.2 Å². The summed E-state index contributed by atoms with van der Waals surface area (Å²) in [7, 11) is 3.07. The molecule has 2 aromatic carbocycles. The Balaban J connectivity index is 2.13. The fraction of sp³-hybridized carbons (Fsp3) is 0.333. The molecule has 0 aliphatic carbocycles. The average molecular weight is 450 g/mol. The van der Waals surface area contributed by atoms with E-state index in [-0.39, 0.29) is 25.5 Å². The van der Waals surface area contributed by atoms with Gasteiger partial charge in [0, 0.05) is 11.0 Å². The number of carbonyl (C=O) groups excluding carboxylic acids is 2. The van der Waals surface area contributed by atoms with Crippen LogP contribution < -0.4 is 14.8 Å². The van der Waals surface area contributed by atoms with E-state index in [1.165, 1.54) is 7.11 Å². The molecule has 0 saturated carbocycles. The maximum absolute atomic E-state index is 12.5. The van der Waals surface area contributed by atoms with E-state index in [9.17, 15) is 9.59 Å². The summed E-state index contributed by atoms with van der Waals surface area (Å²) in [4.78, 5) is 24.8. The van der Waals surface area contributed by atoms with Crippen molar-refractivity contribution < 1.29 is 23.8 Å². The Kier molecular flexibility index (Phi) is 8.32. The highest BCUT2D eigenvalue weighted by molar-refractivity contribution is 9.10. The third-order valence-electron chi connectivity index (χ3n) is 4.14. The highest BCUT2D eigenvalue weighted by atomic mass is 79.9. The largest absolute Gasteiger partial charge is 0.493 e. The SMILES string of the molecule is CCOC(=O)C(CNC(=O)Cc1cccc(Br)c1)c1ccc(OC)c(OC)c1. The maximum Gasteiger partial charge on any atom is 0.315 e. The number of benzene rings is 2. The molecule has 150 valence electrons. The lowest BCUT2D eigenvalue weighted by atomic mass is 9.98. The third kappa shape index (κ3) is 5.99. The molecule has 1 atom stereocenters. The minimum atomic E-state index is -0.647. The van der Waals surface area contributed by atoms with Gasteiger partial charge in [-0.25, -0.2) is 0 Å². The van der Waals surface area contributed by atoms with Gasteiger partial charge in [-0.1, -0.05) is 34.1 Å². The van der Waals surface area contributed by atoms with Crippen LogP contribution in [0, 0.1) is 0 Å². The molecule has 2 rings (SSSR count). The molecule has 1 unspecified atom stereocenters. The van der Waals surface area contributed by atoms with Gasteiger partial charge >= 0.3 is 5.97 Å². The topological polar surface area (TPSA) is 73.9 Å². The Morgan fingerprint density at radius 1 is 1.07 bits per heavy atom. The molecular weight excluding hydrogens is 426 g/mol. The predicted molar refractivity (Wildman–Crippen MR) is 110 cm³/mol. The van der Waals surface area contributed by atoms with Crippen LogP contribution in [0.5, 0.6) is 11.5 Å². The van der Waals surface area contributed by atoms with Crippen molar-refractivity contribution in [1.29, 1.82) is 0 Å². The second-order valence-electron chi connectivity index (χ2n) is 6.03. The lowest BCUT2D eigenvalue weighted by molar-refractivity contribution is -0.144. The molecular formula is C21H24BrNO5. The van der Waals surface area contributed by atoms with Gasteiger partial charge in [-0.2, -0.15) is 0 Å². The van der Waals surface area contributed by atoms with E-state index in [0.717, 1.165) is 10.0 Å². The van der Waals surface area contributed by atoms with Crippen molar-refractivity contribution in [3.8, 4) is 11.5 Å². The summed E-state index contributed by atoms with van der Waals surface area (Å²) in [6, 6.07) is 12.7. The van der Waals surface area contributed by atoms with Crippen LogP contribution in [0.4, 0.5) is 0 Å². The normalized spacial score (nSPS) is 11.4. The van der Waals surface area contributed by atoms with Gasteiger partial charge in [0.05, 0.1) is 33.2 Å². The lowest BCUT2D eigenvalue weighted by Gasteiger charge is -2.18. The number of esters is 1. The highest BCUT2D eigenvalue weighted by Gasteiger charge is 2.24. The van der Waals surface area contributed by atoms with Crippen molar-refractivity contribution in [2.24, 2.45) is 0 Å². The Hall–Kier alpha value is -2.54. The van der Waals surface area contributed by atoms with Crippen LogP contribution in [-0.4, -0.2) is 39.2 Å². The quantitative estimate of drug-likeness (QED) is 0.593. The van der Waals surface area contributed by atoms with Crippen molar-refractivity contribution in [2.45, 2.75) is 19.3 Å². The second kappa shape index (κ2) is 10.7. The Morgan fingerprint density at radius 2 is 1.82 bits per heavy atom. The predicted octanol–water partition coefficient (Wildman–Crippen LogP) is 3.47.